The number of nitrogens with zero attached hydrogens (tertiary/aromatic N) is 4. The molecule has 0 N–H and O–H groups in total. The lowest BCUT2D eigenvalue weighted by molar-refractivity contribution is 1.20. The van der Waals surface area contributed by atoms with Crippen LogP contribution in [-0.4, -0.2) is 19.4 Å². The Kier molecular flexibility index (Phi) is 1.84. The van der Waals surface area contributed by atoms with Crippen LogP contribution in [0.4, 0.5) is 0 Å². The lowest BCUT2D eigenvalue weighted by atomic mass is 10.1. The van der Waals surface area contributed by atoms with Crippen LogP contribution in [0.25, 0.3) is 49.5 Å². The Balaban J connectivity index is 2.06. The molecule has 6 rings (SSSR count). The largest absolute Gasteiger partial charge is 0.274 e. The van der Waals surface area contributed by atoms with E-state index in [1.807, 2.05) is 30.5 Å². The van der Waals surface area contributed by atoms with E-state index >= 15 is 0 Å². The summed E-state index contributed by atoms with van der Waals surface area (Å²) in [4.78, 5) is 14.2. The first-order valence-corrected chi connectivity index (χ1v) is 7.57. The monoisotopic (exact) mass is 294 g/mol. The first-order valence-electron chi connectivity index (χ1n) is 7.57. The zero-order valence-corrected chi connectivity index (χ0v) is 12.1. The summed E-state index contributed by atoms with van der Waals surface area (Å²) in [6, 6.07) is 18.6. The normalized spacial score (nSPS) is 12.3. The molecule has 4 nitrogen and oxygen atoms in total. The van der Waals surface area contributed by atoms with Gasteiger partial charge in [-0.1, -0.05) is 30.3 Å². The highest BCUT2D eigenvalue weighted by molar-refractivity contribution is 6.17. The Morgan fingerprint density at radius 1 is 0.783 bits per heavy atom. The molecule has 0 atom stereocenters. The molecule has 6 aromatic rings. The van der Waals surface area contributed by atoms with Crippen molar-refractivity contribution in [3.63, 3.8) is 0 Å². The van der Waals surface area contributed by atoms with Crippen molar-refractivity contribution in [1.82, 2.24) is 19.4 Å². The van der Waals surface area contributed by atoms with E-state index in [1.54, 1.807) is 0 Å². The molecule has 4 aromatic heterocycles. The van der Waals surface area contributed by atoms with Crippen LogP contribution in [0.15, 0.2) is 60.8 Å². The molecule has 106 valence electrons. The predicted molar refractivity (Wildman–Crippen MR) is 92.0 cm³/mol. The van der Waals surface area contributed by atoms with Gasteiger partial charge in [-0.2, -0.15) is 0 Å². The van der Waals surface area contributed by atoms with E-state index in [2.05, 4.69) is 39.7 Å². The number of hydrogen-bond donors (Lipinski definition) is 0. The third-order valence-electron chi connectivity index (χ3n) is 4.56. The van der Waals surface area contributed by atoms with Gasteiger partial charge in [-0.25, -0.2) is 15.0 Å². The van der Waals surface area contributed by atoms with Gasteiger partial charge < -0.3 is 0 Å². The number of fused-ring (bicyclic) bond motifs is 4. The molecule has 0 aliphatic heterocycles. The topological polar surface area (TPSA) is 43.1 Å². The molecule has 0 saturated heterocycles. The van der Waals surface area contributed by atoms with Crippen LogP contribution in [0.2, 0.25) is 0 Å². The molecule has 0 aliphatic rings. The van der Waals surface area contributed by atoms with E-state index < -0.39 is 0 Å². The van der Waals surface area contributed by atoms with Crippen molar-refractivity contribution in [2.24, 2.45) is 0 Å². The molecule has 0 fully saturated rings. The highest BCUT2D eigenvalue weighted by atomic mass is 15.1. The van der Waals surface area contributed by atoms with Crippen molar-refractivity contribution in [3.05, 3.63) is 60.8 Å². The van der Waals surface area contributed by atoms with E-state index in [0.29, 0.717) is 0 Å². The Hall–Kier alpha value is -3.27. The Morgan fingerprint density at radius 3 is 2.70 bits per heavy atom. The van der Waals surface area contributed by atoms with Gasteiger partial charge >= 0.3 is 0 Å². The summed E-state index contributed by atoms with van der Waals surface area (Å²) in [5.74, 6) is 0. The maximum atomic E-state index is 4.90. The van der Waals surface area contributed by atoms with E-state index in [0.717, 1.165) is 44.1 Å². The molecule has 0 saturated carbocycles. The molecular weight excluding hydrogens is 284 g/mol. The van der Waals surface area contributed by atoms with Crippen LogP contribution in [0.1, 0.15) is 0 Å². The average molecular weight is 294 g/mol. The minimum absolute atomic E-state index is 0.865. The number of aromatic nitrogens is 4. The van der Waals surface area contributed by atoms with Crippen LogP contribution in [0.3, 0.4) is 0 Å². The molecule has 0 radical (unpaired) electrons. The number of imidazole rings is 1. The van der Waals surface area contributed by atoms with Crippen LogP contribution in [-0.2, 0) is 0 Å². The van der Waals surface area contributed by atoms with Crippen LogP contribution < -0.4 is 0 Å². The van der Waals surface area contributed by atoms with Gasteiger partial charge in [0.1, 0.15) is 11.2 Å². The number of para-hydroxylation sites is 2. The maximum Gasteiger partial charge on any atom is 0.165 e. The minimum Gasteiger partial charge on any atom is -0.274 e. The van der Waals surface area contributed by atoms with Gasteiger partial charge in [-0.05, 0) is 24.3 Å². The number of pyridine rings is 2. The highest BCUT2D eigenvalue weighted by Gasteiger charge is 2.16. The molecule has 4 heteroatoms. The molecule has 0 bridgehead atoms. The smallest absolute Gasteiger partial charge is 0.165 e. The van der Waals surface area contributed by atoms with Gasteiger partial charge in [0.25, 0.3) is 0 Å². The van der Waals surface area contributed by atoms with Crippen molar-refractivity contribution in [1.29, 1.82) is 0 Å². The summed E-state index contributed by atoms with van der Waals surface area (Å²) in [6.45, 7) is 0. The van der Waals surface area contributed by atoms with Crippen molar-refractivity contribution in [2.45, 2.75) is 0 Å². The molecular formula is C19H10N4. The quantitative estimate of drug-likeness (QED) is 0.312. The van der Waals surface area contributed by atoms with E-state index in [9.17, 15) is 0 Å². The van der Waals surface area contributed by atoms with Crippen LogP contribution in [0.5, 0.6) is 0 Å². The van der Waals surface area contributed by atoms with Gasteiger partial charge in [-0.3, -0.25) is 4.40 Å². The summed E-state index contributed by atoms with van der Waals surface area (Å²) in [5.41, 5.74) is 5.81. The van der Waals surface area contributed by atoms with Gasteiger partial charge in [0.05, 0.1) is 16.6 Å². The second-order valence-corrected chi connectivity index (χ2v) is 5.82. The standard InChI is InChI=1S/C19H10N4/c1-2-6-14-11(4-1)10-13-12-5-3-7-15-18(12)23-16(21-15)8-9-20-19(23)17(13)22-14/h1-10H. The van der Waals surface area contributed by atoms with Crippen LogP contribution >= 0.6 is 0 Å². The summed E-state index contributed by atoms with van der Waals surface area (Å²) in [5, 5.41) is 3.44. The Labute approximate surface area is 130 Å². The fourth-order valence-corrected chi connectivity index (χ4v) is 3.58. The summed E-state index contributed by atoms with van der Waals surface area (Å²) >= 11 is 0. The van der Waals surface area contributed by atoms with E-state index in [-0.39, 0.29) is 0 Å². The number of hydrogen-bond acceptors (Lipinski definition) is 3. The lowest BCUT2D eigenvalue weighted by Gasteiger charge is -2.09. The lowest BCUT2D eigenvalue weighted by Crippen LogP contribution is -1.96. The van der Waals surface area contributed by atoms with Crippen molar-refractivity contribution >= 4 is 49.5 Å². The van der Waals surface area contributed by atoms with Crippen molar-refractivity contribution < 1.29 is 0 Å². The molecule has 4 heterocycles. The van der Waals surface area contributed by atoms with Gasteiger partial charge in [0.2, 0.25) is 0 Å². The third-order valence-corrected chi connectivity index (χ3v) is 4.56. The second-order valence-electron chi connectivity index (χ2n) is 5.82. The van der Waals surface area contributed by atoms with Gasteiger partial charge in [0, 0.05) is 22.4 Å². The van der Waals surface area contributed by atoms with Crippen molar-refractivity contribution in [3.8, 4) is 0 Å². The molecule has 0 aliphatic carbocycles. The summed E-state index contributed by atoms with van der Waals surface area (Å²) in [7, 11) is 0. The fraction of sp³-hybridized carbons (Fsp3) is 0. The Morgan fingerprint density at radius 2 is 1.70 bits per heavy atom. The predicted octanol–water partition coefficient (Wildman–Crippen LogP) is 4.17. The number of rotatable bonds is 0. The maximum absolute atomic E-state index is 4.90. The van der Waals surface area contributed by atoms with Crippen molar-refractivity contribution in [2.75, 3.05) is 0 Å². The van der Waals surface area contributed by atoms with E-state index in [4.69, 9.17) is 9.97 Å². The van der Waals surface area contributed by atoms with Crippen LogP contribution in [0, 0.1) is 0 Å². The first-order chi connectivity index (χ1) is 11.4. The molecule has 23 heavy (non-hydrogen) atoms. The third kappa shape index (κ3) is 1.29. The molecule has 0 unspecified atom stereocenters. The molecule has 2 aromatic carbocycles. The number of benzene rings is 2. The van der Waals surface area contributed by atoms with Gasteiger partial charge in [0.15, 0.2) is 5.65 Å². The first kappa shape index (κ1) is 11.3. The Bertz CT molecular complexity index is 1260. The average Bonchev–Trinajstić information content (AvgIpc) is 2.99. The zero-order chi connectivity index (χ0) is 15.0. The SMILES string of the molecule is c1ccc2nc3c(cc2c1)c1cccc2nc4ccnc3n4c21. The minimum atomic E-state index is 0.865. The summed E-state index contributed by atoms with van der Waals surface area (Å²) < 4.78 is 2.12. The molecule has 0 amide bonds. The van der Waals surface area contributed by atoms with Gasteiger partial charge in [-0.15, -0.1) is 0 Å². The summed E-state index contributed by atoms with van der Waals surface area (Å²) in [6.07, 6.45) is 1.81. The van der Waals surface area contributed by atoms with E-state index in [1.165, 1.54) is 5.39 Å². The second kappa shape index (κ2) is 3.73. The highest BCUT2D eigenvalue weighted by Crippen LogP contribution is 2.33. The zero-order valence-electron chi connectivity index (χ0n) is 12.1. The molecule has 0 spiro atoms. The fourth-order valence-electron chi connectivity index (χ4n) is 3.58.